The molecule has 0 saturated heterocycles. The Hall–Kier alpha value is -3.07. The van der Waals surface area contributed by atoms with E-state index in [9.17, 15) is 0 Å². The first-order valence-electron chi connectivity index (χ1n) is 6.40. The SMILES string of the molecule is Cc1cnccc1NC(=NCc1ccc(N)cc1)NC#N. The third-order valence-electron chi connectivity index (χ3n) is 2.85. The van der Waals surface area contributed by atoms with Gasteiger partial charge in [-0.05, 0) is 36.2 Å². The summed E-state index contributed by atoms with van der Waals surface area (Å²) < 4.78 is 0. The number of guanidine groups is 1. The lowest BCUT2D eigenvalue weighted by molar-refractivity contribution is 1.04. The van der Waals surface area contributed by atoms with Crippen molar-refractivity contribution in [1.29, 1.82) is 5.26 Å². The first-order chi connectivity index (χ1) is 10.2. The Labute approximate surface area is 123 Å². The van der Waals surface area contributed by atoms with E-state index >= 15 is 0 Å². The van der Waals surface area contributed by atoms with E-state index in [4.69, 9.17) is 11.0 Å². The molecule has 0 aliphatic rings. The Kier molecular flexibility index (Phi) is 4.72. The molecule has 1 aromatic carbocycles. The summed E-state index contributed by atoms with van der Waals surface area (Å²) in [6, 6.07) is 9.28. The lowest BCUT2D eigenvalue weighted by Crippen LogP contribution is -2.27. The van der Waals surface area contributed by atoms with Crippen LogP contribution in [0.1, 0.15) is 11.1 Å². The van der Waals surface area contributed by atoms with E-state index in [-0.39, 0.29) is 0 Å². The maximum Gasteiger partial charge on any atom is 0.209 e. The molecule has 0 saturated carbocycles. The molecule has 2 aromatic rings. The van der Waals surface area contributed by atoms with Crippen LogP contribution in [-0.2, 0) is 6.54 Å². The van der Waals surface area contributed by atoms with Crippen molar-refractivity contribution in [2.45, 2.75) is 13.5 Å². The number of hydrogen-bond donors (Lipinski definition) is 3. The molecular weight excluding hydrogens is 264 g/mol. The summed E-state index contributed by atoms with van der Waals surface area (Å²) in [5.41, 5.74) is 9.18. The average Bonchev–Trinajstić information content (AvgIpc) is 2.49. The van der Waals surface area contributed by atoms with Crippen LogP contribution >= 0.6 is 0 Å². The van der Waals surface area contributed by atoms with Gasteiger partial charge in [-0.15, -0.1) is 0 Å². The van der Waals surface area contributed by atoms with Gasteiger partial charge in [-0.2, -0.15) is 5.26 Å². The molecule has 0 atom stereocenters. The van der Waals surface area contributed by atoms with E-state index in [0.717, 1.165) is 16.8 Å². The largest absolute Gasteiger partial charge is 0.399 e. The minimum Gasteiger partial charge on any atom is -0.399 e. The molecule has 106 valence electrons. The van der Waals surface area contributed by atoms with Crippen LogP contribution in [0.25, 0.3) is 0 Å². The summed E-state index contributed by atoms with van der Waals surface area (Å²) in [5, 5.41) is 14.4. The molecule has 21 heavy (non-hydrogen) atoms. The predicted octanol–water partition coefficient (Wildman–Crippen LogP) is 2.01. The highest BCUT2D eigenvalue weighted by Crippen LogP contribution is 2.11. The molecule has 0 aliphatic carbocycles. The lowest BCUT2D eigenvalue weighted by atomic mass is 10.2. The van der Waals surface area contributed by atoms with Crippen LogP contribution in [0.4, 0.5) is 11.4 Å². The number of rotatable bonds is 3. The van der Waals surface area contributed by atoms with Gasteiger partial charge >= 0.3 is 0 Å². The highest BCUT2D eigenvalue weighted by Gasteiger charge is 2.02. The first-order valence-corrected chi connectivity index (χ1v) is 6.40. The molecule has 1 aromatic heterocycles. The molecule has 0 radical (unpaired) electrons. The van der Waals surface area contributed by atoms with Crippen molar-refractivity contribution < 1.29 is 0 Å². The van der Waals surface area contributed by atoms with E-state index in [1.807, 2.05) is 43.4 Å². The molecule has 0 spiro atoms. The fourth-order valence-electron chi connectivity index (χ4n) is 1.70. The molecule has 4 N–H and O–H groups in total. The molecule has 0 fully saturated rings. The number of hydrogen-bond acceptors (Lipinski definition) is 4. The van der Waals surface area contributed by atoms with Crippen molar-refractivity contribution in [1.82, 2.24) is 10.3 Å². The van der Waals surface area contributed by atoms with Gasteiger partial charge in [-0.3, -0.25) is 10.3 Å². The molecular formula is C15H16N6. The Bertz CT molecular complexity index is 669. The maximum absolute atomic E-state index is 8.81. The van der Waals surface area contributed by atoms with Crippen LogP contribution in [0.2, 0.25) is 0 Å². The second kappa shape index (κ2) is 6.91. The summed E-state index contributed by atoms with van der Waals surface area (Å²) in [6.45, 7) is 2.38. The number of nitrogens with zero attached hydrogens (tertiary/aromatic N) is 3. The van der Waals surface area contributed by atoms with Gasteiger partial charge in [-0.25, -0.2) is 4.99 Å². The van der Waals surface area contributed by atoms with Crippen molar-refractivity contribution in [3.05, 3.63) is 53.9 Å². The van der Waals surface area contributed by atoms with Gasteiger partial charge in [-0.1, -0.05) is 12.1 Å². The highest BCUT2D eigenvalue weighted by atomic mass is 15.2. The van der Waals surface area contributed by atoms with Crippen molar-refractivity contribution in [3.63, 3.8) is 0 Å². The van der Waals surface area contributed by atoms with E-state index in [1.165, 1.54) is 0 Å². The summed E-state index contributed by atoms with van der Waals surface area (Å²) >= 11 is 0. The first kappa shape index (κ1) is 14.3. The average molecular weight is 280 g/mol. The van der Waals surface area contributed by atoms with Crippen LogP contribution in [0.3, 0.4) is 0 Å². The van der Waals surface area contributed by atoms with E-state index in [2.05, 4.69) is 20.6 Å². The number of aryl methyl sites for hydroxylation is 1. The van der Waals surface area contributed by atoms with Crippen LogP contribution in [0.15, 0.2) is 47.7 Å². The zero-order chi connectivity index (χ0) is 15.1. The van der Waals surface area contributed by atoms with Gasteiger partial charge in [0.25, 0.3) is 0 Å². The van der Waals surface area contributed by atoms with Crippen molar-refractivity contribution in [2.24, 2.45) is 4.99 Å². The smallest absolute Gasteiger partial charge is 0.209 e. The predicted molar refractivity (Wildman–Crippen MR) is 83.3 cm³/mol. The van der Waals surface area contributed by atoms with Crippen molar-refractivity contribution >= 4 is 17.3 Å². The second-order valence-electron chi connectivity index (χ2n) is 4.46. The van der Waals surface area contributed by atoms with Gasteiger partial charge in [0.2, 0.25) is 5.96 Å². The number of aliphatic imine (C=N–C) groups is 1. The molecule has 0 amide bonds. The molecule has 6 heteroatoms. The van der Waals surface area contributed by atoms with E-state index < -0.39 is 0 Å². The van der Waals surface area contributed by atoms with Crippen LogP contribution < -0.4 is 16.4 Å². The Balaban J connectivity index is 2.11. The lowest BCUT2D eigenvalue weighted by Gasteiger charge is -2.10. The normalized spacial score (nSPS) is 10.8. The van der Waals surface area contributed by atoms with Crippen molar-refractivity contribution in [3.8, 4) is 6.19 Å². The third kappa shape index (κ3) is 4.21. The maximum atomic E-state index is 8.81. The monoisotopic (exact) mass is 280 g/mol. The topological polar surface area (TPSA) is 99.1 Å². The summed E-state index contributed by atoms with van der Waals surface area (Å²) in [6.07, 6.45) is 5.30. The number of nitrogen functional groups attached to an aromatic ring is 1. The van der Waals surface area contributed by atoms with Gasteiger partial charge in [0.05, 0.1) is 6.54 Å². The minimum absolute atomic E-state index is 0.392. The number of benzene rings is 1. The Morgan fingerprint density at radius 3 is 2.76 bits per heavy atom. The number of nitrogens with two attached hydrogens (primary N) is 1. The summed E-state index contributed by atoms with van der Waals surface area (Å²) in [7, 11) is 0. The van der Waals surface area contributed by atoms with Gasteiger partial charge < -0.3 is 11.1 Å². The quantitative estimate of drug-likeness (QED) is 0.262. The molecule has 0 unspecified atom stereocenters. The molecule has 0 bridgehead atoms. The Morgan fingerprint density at radius 1 is 1.33 bits per heavy atom. The second-order valence-corrected chi connectivity index (χ2v) is 4.46. The van der Waals surface area contributed by atoms with Gasteiger partial charge in [0.1, 0.15) is 0 Å². The Morgan fingerprint density at radius 2 is 2.10 bits per heavy atom. The van der Waals surface area contributed by atoms with Crippen LogP contribution in [-0.4, -0.2) is 10.9 Å². The third-order valence-corrected chi connectivity index (χ3v) is 2.85. The molecule has 1 heterocycles. The fraction of sp³-hybridized carbons (Fsp3) is 0.133. The summed E-state index contributed by atoms with van der Waals surface area (Å²) in [4.78, 5) is 8.38. The standard InChI is InChI=1S/C15H16N6/c1-11-8-18-7-6-14(11)21-15(20-10-16)19-9-12-2-4-13(17)5-3-12/h2-8H,9,17H2,1H3,(H2,18,19,20,21). The number of pyridine rings is 1. The van der Waals surface area contributed by atoms with E-state index in [0.29, 0.717) is 18.2 Å². The number of nitriles is 1. The van der Waals surface area contributed by atoms with E-state index in [1.54, 1.807) is 12.4 Å². The minimum atomic E-state index is 0.392. The molecule has 0 aliphatic heterocycles. The highest BCUT2D eigenvalue weighted by molar-refractivity contribution is 5.95. The number of nitrogens with one attached hydrogen (secondary N) is 2. The van der Waals surface area contributed by atoms with Crippen LogP contribution in [0.5, 0.6) is 0 Å². The fourth-order valence-corrected chi connectivity index (χ4v) is 1.70. The zero-order valence-electron chi connectivity index (χ0n) is 11.7. The summed E-state index contributed by atoms with van der Waals surface area (Å²) in [5.74, 6) is 0.392. The van der Waals surface area contributed by atoms with Crippen molar-refractivity contribution in [2.75, 3.05) is 11.1 Å². The van der Waals surface area contributed by atoms with Gasteiger partial charge in [0.15, 0.2) is 6.19 Å². The van der Waals surface area contributed by atoms with Crippen LogP contribution in [0, 0.1) is 18.4 Å². The number of anilines is 2. The molecule has 2 rings (SSSR count). The molecule has 6 nitrogen and oxygen atoms in total. The zero-order valence-corrected chi connectivity index (χ0v) is 11.7. The van der Waals surface area contributed by atoms with Gasteiger partial charge in [0, 0.05) is 23.8 Å². The number of aromatic nitrogens is 1.